The van der Waals surface area contributed by atoms with Crippen molar-refractivity contribution in [2.24, 2.45) is 5.92 Å². The number of nitrogens with zero attached hydrogens (tertiary/aromatic N) is 2. The first-order valence-electron chi connectivity index (χ1n) is 10.1. The Hall–Kier alpha value is -2.49. The van der Waals surface area contributed by atoms with E-state index in [0.717, 1.165) is 24.2 Å². The summed E-state index contributed by atoms with van der Waals surface area (Å²) in [5.74, 6) is 0.648. The van der Waals surface area contributed by atoms with E-state index in [1.54, 1.807) is 5.38 Å². The number of alkyl halides is 2. The van der Waals surface area contributed by atoms with Crippen molar-refractivity contribution in [3.8, 4) is 0 Å². The van der Waals surface area contributed by atoms with E-state index in [-0.39, 0.29) is 17.6 Å². The number of carbonyl (C=O) groups is 2. The maximum Gasteiger partial charge on any atom is 0.407 e. The highest BCUT2D eigenvalue weighted by molar-refractivity contribution is 7.17. The molecule has 0 unspecified atom stereocenters. The van der Waals surface area contributed by atoms with Gasteiger partial charge in [-0.1, -0.05) is 0 Å². The van der Waals surface area contributed by atoms with E-state index in [1.807, 2.05) is 4.90 Å². The molecule has 2 aromatic heterocycles. The Morgan fingerprint density at radius 1 is 1.30 bits per heavy atom. The Morgan fingerprint density at radius 2 is 2.03 bits per heavy atom. The second kappa shape index (κ2) is 8.71. The fourth-order valence-corrected chi connectivity index (χ4v) is 4.59. The lowest BCUT2D eigenvalue weighted by Gasteiger charge is -2.32. The molecule has 4 rings (SSSR count). The maximum absolute atomic E-state index is 13.7. The average molecular weight is 439 g/mol. The number of aromatic nitrogens is 1. The first-order valence-corrected chi connectivity index (χ1v) is 11.0. The van der Waals surface area contributed by atoms with Crippen LogP contribution in [0.1, 0.15) is 48.0 Å². The lowest BCUT2D eigenvalue weighted by molar-refractivity contribution is 0.0829. The van der Waals surface area contributed by atoms with Crippen LogP contribution in [0.5, 0.6) is 0 Å². The fraction of sp³-hybridized carbons (Fsp3) is 0.550. The number of pyridine rings is 1. The minimum Gasteiger partial charge on any atom is -0.446 e. The van der Waals surface area contributed by atoms with Gasteiger partial charge in [0, 0.05) is 50.5 Å². The molecule has 0 radical (unpaired) electrons. The predicted octanol–water partition coefficient (Wildman–Crippen LogP) is 3.70. The Morgan fingerprint density at radius 3 is 2.67 bits per heavy atom. The van der Waals surface area contributed by atoms with E-state index in [2.05, 4.69) is 15.6 Å². The van der Waals surface area contributed by atoms with Gasteiger partial charge >= 0.3 is 6.09 Å². The zero-order chi connectivity index (χ0) is 21.3. The molecule has 162 valence electrons. The first-order chi connectivity index (χ1) is 14.5. The molecule has 0 spiro atoms. The SMILES string of the molecule is CNC(=O)c1csc2c(C(F)F)cc(N3CCC(OC(=O)NCC4CC4)CC3)nc12. The molecule has 2 aliphatic rings. The molecule has 2 N–H and O–H groups in total. The Bertz CT molecular complexity index is 940. The number of halogens is 2. The number of ether oxygens (including phenoxy) is 1. The Kier molecular flexibility index (Phi) is 6.03. The molecule has 0 atom stereocenters. The number of carbonyl (C=O) groups excluding carboxylic acids is 2. The minimum atomic E-state index is -2.67. The molecule has 2 amide bonds. The molecule has 30 heavy (non-hydrogen) atoms. The van der Waals surface area contributed by atoms with Crippen LogP contribution in [0.4, 0.5) is 19.4 Å². The van der Waals surface area contributed by atoms with Gasteiger partial charge in [0.25, 0.3) is 12.3 Å². The third-order valence-electron chi connectivity index (χ3n) is 5.52. The smallest absolute Gasteiger partial charge is 0.407 e. The summed E-state index contributed by atoms with van der Waals surface area (Å²) in [7, 11) is 1.50. The molecule has 1 aliphatic heterocycles. The van der Waals surface area contributed by atoms with Crippen LogP contribution in [0.2, 0.25) is 0 Å². The van der Waals surface area contributed by atoms with Crippen molar-refractivity contribution in [1.29, 1.82) is 0 Å². The van der Waals surface area contributed by atoms with Crippen LogP contribution in [-0.4, -0.2) is 49.8 Å². The van der Waals surface area contributed by atoms with Crippen molar-refractivity contribution >= 4 is 39.4 Å². The van der Waals surface area contributed by atoms with Gasteiger partial charge in [-0.2, -0.15) is 0 Å². The summed E-state index contributed by atoms with van der Waals surface area (Å²) in [5.41, 5.74) is 0.477. The number of hydrogen-bond acceptors (Lipinski definition) is 6. The van der Waals surface area contributed by atoms with E-state index in [0.29, 0.717) is 60.0 Å². The number of rotatable bonds is 6. The Labute approximate surface area is 176 Å². The number of nitrogens with one attached hydrogen (secondary N) is 2. The normalized spacial score (nSPS) is 17.4. The quantitative estimate of drug-likeness (QED) is 0.719. The summed E-state index contributed by atoms with van der Waals surface area (Å²) < 4.78 is 33.1. The first kappa shape index (κ1) is 20.8. The molecule has 3 heterocycles. The van der Waals surface area contributed by atoms with Crippen LogP contribution in [0, 0.1) is 5.92 Å². The number of fused-ring (bicyclic) bond motifs is 1. The highest BCUT2D eigenvalue weighted by Crippen LogP contribution is 2.36. The summed E-state index contributed by atoms with van der Waals surface area (Å²) >= 11 is 1.10. The van der Waals surface area contributed by atoms with Crippen molar-refractivity contribution in [2.45, 2.75) is 38.2 Å². The predicted molar refractivity (Wildman–Crippen MR) is 110 cm³/mol. The van der Waals surface area contributed by atoms with Gasteiger partial charge in [-0.05, 0) is 24.8 Å². The van der Waals surface area contributed by atoms with Crippen LogP contribution >= 0.6 is 11.3 Å². The van der Waals surface area contributed by atoms with E-state index in [9.17, 15) is 18.4 Å². The molecule has 10 heteroatoms. The average Bonchev–Trinajstić information content (AvgIpc) is 3.48. The zero-order valence-corrected chi connectivity index (χ0v) is 17.4. The van der Waals surface area contributed by atoms with Crippen molar-refractivity contribution in [2.75, 3.05) is 31.6 Å². The summed E-state index contributed by atoms with van der Waals surface area (Å²) in [6, 6.07) is 1.40. The summed E-state index contributed by atoms with van der Waals surface area (Å²) in [6.45, 7) is 1.72. The molecule has 7 nitrogen and oxygen atoms in total. The van der Waals surface area contributed by atoms with Gasteiger partial charge in [0.1, 0.15) is 11.9 Å². The van der Waals surface area contributed by atoms with Gasteiger partial charge in [-0.15, -0.1) is 11.3 Å². The topological polar surface area (TPSA) is 83.6 Å². The molecular formula is C20H24F2N4O3S. The number of anilines is 1. The van der Waals surface area contributed by atoms with E-state index >= 15 is 0 Å². The van der Waals surface area contributed by atoms with Gasteiger partial charge in [0.2, 0.25) is 0 Å². The second-order valence-electron chi connectivity index (χ2n) is 7.69. The van der Waals surface area contributed by atoms with Crippen molar-refractivity contribution in [1.82, 2.24) is 15.6 Å². The Balaban J connectivity index is 1.46. The van der Waals surface area contributed by atoms with Gasteiger partial charge in [-0.25, -0.2) is 18.6 Å². The highest BCUT2D eigenvalue weighted by atomic mass is 32.1. The number of amides is 2. The number of hydrogen-bond donors (Lipinski definition) is 2. The van der Waals surface area contributed by atoms with Crippen molar-refractivity contribution < 1.29 is 23.1 Å². The zero-order valence-electron chi connectivity index (χ0n) is 16.6. The van der Waals surface area contributed by atoms with Crippen LogP contribution in [0.15, 0.2) is 11.4 Å². The van der Waals surface area contributed by atoms with E-state index in [1.165, 1.54) is 13.1 Å². The van der Waals surface area contributed by atoms with Gasteiger partial charge in [0.15, 0.2) is 0 Å². The van der Waals surface area contributed by atoms with Crippen molar-refractivity contribution in [3.63, 3.8) is 0 Å². The van der Waals surface area contributed by atoms with Crippen LogP contribution < -0.4 is 15.5 Å². The number of alkyl carbamates (subject to hydrolysis) is 1. The lowest BCUT2D eigenvalue weighted by Crippen LogP contribution is -2.40. The van der Waals surface area contributed by atoms with Crippen LogP contribution in [-0.2, 0) is 4.74 Å². The highest BCUT2D eigenvalue weighted by Gasteiger charge is 2.27. The lowest BCUT2D eigenvalue weighted by atomic mass is 10.1. The van der Waals surface area contributed by atoms with E-state index in [4.69, 9.17) is 4.74 Å². The van der Waals surface area contributed by atoms with Gasteiger partial charge < -0.3 is 20.3 Å². The molecule has 0 aromatic carbocycles. The third kappa shape index (κ3) is 4.48. The monoisotopic (exact) mass is 438 g/mol. The summed E-state index contributed by atoms with van der Waals surface area (Å²) in [4.78, 5) is 30.4. The number of thiophene rings is 1. The third-order valence-corrected chi connectivity index (χ3v) is 6.53. The molecule has 2 fully saturated rings. The molecule has 1 saturated carbocycles. The summed E-state index contributed by atoms with van der Waals surface area (Å²) in [5, 5.41) is 6.87. The second-order valence-corrected chi connectivity index (χ2v) is 8.57. The van der Waals surface area contributed by atoms with Crippen molar-refractivity contribution in [3.05, 3.63) is 22.6 Å². The van der Waals surface area contributed by atoms with Gasteiger partial charge in [0.05, 0.1) is 15.8 Å². The maximum atomic E-state index is 13.7. The molecular weight excluding hydrogens is 414 g/mol. The summed E-state index contributed by atoms with van der Waals surface area (Å²) in [6.07, 6.45) is 0.222. The van der Waals surface area contributed by atoms with Crippen LogP contribution in [0.25, 0.3) is 10.2 Å². The van der Waals surface area contributed by atoms with Crippen LogP contribution in [0.3, 0.4) is 0 Å². The van der Waals surface area contributed by atoms with Gasteiger partial charge in [-0.3, -0.25) is 4.79 Å². The molecule has 1 saturated heterocycles. The largest absolute Gasteiger partial charge is 0.446 e. The fourth-order valence-electron chi connectivity index (χ4n) is 3.58. The molecule has 1 aliphatic carbocycles. The molecule has 2 aromatic rings. The molecule has 0 bridgehead atoms. The minimum absolute atomic E-state index is 0.118. The standard InChI is InChI=1S/C20H24F2N4O3S/c1-23-19(27)14-10-30-17-13(18(21)22)8-15(25-16(14)17)26-6-4-12(5-7-26)29-20(28)24-9-11-2-3-11/h8,10-12,18H,2-7,9H2,1H3,(H,23,27)(H,24,28). The number of piperidine rings is 1. The van der Waals surface area contributed by atoms with E-state index < -0.39 is 12.5 Å².